The summed E-state index contributed by atoms with van der Waals surface area (Å²) < 4.78 is 32.4. The van der Waals surface area contributed by atoms with Gasteiger partial charge in [-0.2, -0.15) is 0 Å². The van der Waals surface area contributed by atoms with E-state index in [1.165, 1.54) is 0 Å². The van der Waals surface area contributed by atoms with Gasteiger partial charge in [0.1, 0.15) is 17.4 Å². The number of nitrogens with one attached hydrogen (secondary N) is 2. The Kier molecular flexibility index (Phi) is 6.09. The summed E-state index contributed by atoms with van der Waals surface area (Å²) in [7, 11) is 0. The van der Waals surface area contributed by atoms with Crippen molar-refractivity contribution in [3.8, 4) is 0 Å². The summed E-state index contributed by atoms with van der Waals surface area (Å²) >= 11 is 0. The van der Waals surface area contributed by atoms with E-state index in [2.05, 4.69) is 15.6 Å². The molecule has 4 aromatic rings. The van der Waals surface area contributed by atoms with E-state index >= 15 is 0 Å². The second-order valence-electron chi connectivity index (χ2n) is 9.98. The number of halogens is 2. The maximum Gasteiger partial charge on any atom is 0.239 e. The third-order valence-corrected chi connectivity index (χ3v) is 7.12. The van der Waals surface area contributed by atoms with E-state index in [-0.39, 0.29) is 17.9 Å². The van der Waals surface area contributed by atoms with Gasteiger partial charge in [-0.25, -0.2) is 18.7 Å². The van der Waals surface area contributed by atoms with Gasteiger partial charge in [0.25, 0.3) is 0 Å². The molecule has 1 aliphatic carbocycles. The maximum atomic E-state index is 13.8. The van der Waals surface area contributed by atoms with Crippen LogP contribution in [-0.2, 0) is 34.5 Å². The van der Waals surface area contributed by atoms with Gasteiger partial charge in [-0.1, -0.05) is 6.07 Å². The number of carbonyl (C=O) groups is 2. The van der Waals surface area contributed by atoms with Crippen molar-refractivity contribution >= 4 is 29.1 Å². The molecule has 1 spiro atoms. The van der Waals surface area contributed by atoms with Crippen molar-refractivity contribution in [3.63, 3.8) is 0 Å². The molecule has 2 aromatic carbocycles. The zero-order valence-electron chi connectivity index (χ0n) is 21.1. The van der Waals surface area contributed by atoms with E-state index in [4.69, 9.17) is 9.40 Å². The predicted molar refractivity (Wildman–Crippen MR) is 140 cm³/mol. The molecule has 10 heteroatoms. The number of aromatic nitrogens is 2. The summed E-state index contributed by atoms with van der Waals surface area (Å²) in [6.07, 6.45) is 4.56. The molecule has 2 aliphatic rings. The highest BCUT2D eigenvalue weighted by Gasteiger charge is 2.58. The maximum absolute atomic E-state index is 13.8. The summed E-state index contributed by atoms with van der Waals surface area (Å²) in [5.74, 6) is -0.739. The summed E-state index contributed by atoms with van der Waals surface area (Å²) in [6, 6.07) is 12.0. The Morgan fingerprint density at radius 2 is 1.92 bits per heavy atom. The minimum Gasteiger partial charge on any atom is -0.467 e. The number of anilines is 3. The van der Waals surface area contributed by atoms with Gasteiger partial charge in [-0.15, -0.1) is 0 Å². The smallest absolute Gasteiger partial charge is 0.239 e. The van der Waals surface area contributed by atoms with Crippen LogP contribution < -0.4 is 15.5 Å². The number of hydrogen-bond donors (Lipinski definition) is 2. The van der Waals surface area contributed by atoms with Crippen molar-refractivity contribution in [1.29, 1.82) is 0 Å². The molecule has 0 bridgehead atoms. The molecular formula is C29H25F2N5O3. The van der Waals surface area contributed by atoms with E-state index in [0.29, 0.717) is 43.3 Å². The molecule has 1 saturated carbocycles. The monoisotopic (exact) mass is 529 g/mol. The standard InChI is InChI=1S/C29H25F2N5O3/c1-17-4-5-22(34-25(37)11-18-9-20(30)12-21(31)10-18)13-24(17)36-16-19-14-32-28(33-15-23-3-2-8-39-23)35-26(19)29(6-7-29)27(36)38/h2-5,8-10,12-14H,6-7,11,15-16H2,1H3,(H,34,37)(H,32,33,35). The molecule has 0 saturated heterocycles. The Hall–Kier alpha value is -4.60. The third-order valence-electron chi connectivity index (χ3n) is 7.12. The fourth-order valence-corrected chi connectivity index (χ4v) is 5.05. The Balaban J connectivity index is 1.22. The Bertz CT molecular complexity index is 1560. The lowest BCUT2D eigenvalue weighted by Gasteiger charge is -2.34. The average Bonchev–Trinajstić information content (AvgIpc) is 3.52. The van der Waals surface area contributed by atoms with Crippen LogP contribution in [0.15, 0.2) is 65.4 Å². The van der Waals surface area contributed by atoms with E-state index in [0.717, 1.165) is 40.8 Å². The van der Waals surface area contributed by atoms with Gasteiger partial charge in [0.05, 0.1) is 36.9 Å². The first-order chi connectivity index (χ1) is 18.8. The molecule has 198 valence electrons. The minimum absolute atomic E-state index is 0.0347. The predicted octanol–water partition coefficient (Wildman–Crippen LogP) is 5.03. The lowest BCUT2D eigenvalue weighted by Crippen LogP contribution is -2.45. The van der Waals surface area contributed by atoms with E-state index in [9.17, 15) is 18.4 Å². The van der Waals surface area contributed by atoms with Crippen molar-refractivity contribution in [3.05, 3.63) is 101 Å². The van der Waals surface area contributed by atoms with Gasteiger partial charge in [-0.05, 0) is 67.3 Å². The lowest BCUT2D eigenvalue weighted by molar-refractivity contribution is -0.121. The number of nitrogens with zero attached hydrogens (tertiary/aromatic N) is 3. The van der Waals surface area contributed by atoms with Crippen molar-refractivity contribution in [2.24, 2.45) is 0 Å². The Morgan fingerprint density at radius 1 is 1.13 bits per heavy atom. The van der Waals surface area contributed by atoms with Gasteiger partial charge >= 0.3 is 0 Å². The molecule has 0 atom stereocenters. The summed E-state index contributed by atoms with van der Waals surface area (Å²) in [6.45, 7) is 2.64. The number of carbonyl (C=O) groups excluding carboxylic acids is 2. The normalized spacial score (nSPS) is 15.3. The highest BCUT2D eigenvalue weighted by atomic mass is 19.1. The van der Waals surface area contributed by atoms with Crippen LogP contribution >= 0.6 is 0 Å². The SMILES string of the molecule is Cc1ccc(NC(=O)Cc2cc(F)cc(F)c2)cc1N1Cc2cnc(NCc3ccco3)nc2C2(CC2)C1=O. The second kappa shape index (κ2) is 9.61. The molecule has 1 aliphatic heterocycles. The molecule has 1 fully saturated rings. The van der Waals surface area contributed by atoms with Crippen molar-refractivity contribution in [1.82, 2.24) is 9.97 Å². The van der Waals surface area contributed by atoms with Gasteiger partial charge in [0.15, 0.2) is 0 Å². The first kappa shape index (κ1) is 24.7. The van der Waals surface area contributed by atoms with Gasteiger partial charge < -0.3 is 20.0 Å². The Morgan fingerprint density at radius 3 is 2.64 bits per heavy atom. The van der Waals surface area contributed by atoms with Crippen molar-refractivity contribution < 1.29 is 22.8 Å². The molecule has 39 heavy (non-hydrogen) atoms. The molecule has 0 unspecified atom stereocenters. The summed E-state index contributed by atoms with van der Waals surface area (Å²) in [5, 5.41) is 5.93. The number of aryl methyl sites for hydroxylation is 1. The zero-order chi connectivity index (χ0) is 27.1. The number of benzene rings is 2. The minimum atomic E-state index is -0.738. The number of fused-ring (bicyclic) bond motifs is 2. The molecule has 2 aromatic heterocycles. The topological polar surface area (TPSA) is 100 Å². The molecule has 0 radical (unpaired) electrons. The fraction of sp³-hybridized carbons (Fsp3) is 0.241. The van der Waals surface area contributed by atoms with E-state index in [1.807, 2.05) is 25.1 Å². The molecular weight excluding hydrogens is 504 g/mol. The van der Waals surface area contributed by atoms with Crippen LogP contribution in [0.3, 0.4) is 0 Å². The quantitative estimate of drug-likeness (QED) is 0.349. The summed E-state index contributed by atoms with van der Waals surface area (Å²) in [5.41, 5.74) is 3.19. The summed E-state index contributed by atoms with van der Waals surface area (Å²) in [4.78, 5) is 37.3. The number of furan rings is 1. The van der Waals surface area contributed by atoms with Gasteiger partial charge in [-0.3, -0.25) is 9.59 Å². The second-order valence-corrected chi connectivity index (χ2v) is 9.98. The Labute approximate surface area is 223 Å². The van der Waals surface area contributed by atoms with Crippen LogP contribution in [0.5, 0.6) is 0 Å². The lowest BCUT2D eigenvalue weighted by atomic mass is 9.91. The van der Waals surface area contributed by atoms with E-state index < -0.39 is 23.0 Å². The first-order valence-corrected chi connectivity index (χ1v) is 12.6. The highest BCUT2D eigenvalue weighted by Crippen LogP contribution is 2.53. The molecule has 2 N–H and O–H groups in total. The van der Waals surface area contributed by atoms with Crippen molar-refractivity contribution in [2.45, 2.75) is 44.7 Å². The largest absolute Gasteiger partial charge is 0.467 e. The number of rotatable bonds is 7. The average molecular weight is 530 g/mol. The van der Waals surface area contributed by atoms with Crippen LogP contribution in [0.25, 0.3) is 0 Å². The highest BCUT2D eigenvalue weighted by molar-refractivity contribution is 6.05. The number of amides is 2. The zero-order valence-corrected chi connectivity index (χ0v) is 21.1. The van der Waals surface area contributed by atoms with Crippen LogP contribution in [0.1, 0.15) is 41.0 Å². The first-order valence-electron chi connectivity index (χ1n) is 12.6. The van der Waals surface area contributed by atoms with Crippen LogP contribution in [-0.4, -0.2) is 21.8 Å². The molecule has 6 rings (SSSR count). The van der Waals surface area contributed by atoms with Crippen LogP contribution in [0, 0.1) is 18.6 Å². The molecule has 2 amide bonds. The van der Waals surface area contributed by atoms with Crippen molar-refractivity contribution in [2.75, 3.05) is 15.5 Å². The number of hydrogen-bond acceptors (Lipinski definition) is 6. The molecule has 8 nitrogen and oxygen atoms in total. The van der Waals surface area contributed by atoms with Gasteiger partial charge in [0, 0.05) is 29.2 Å². The van der Waals surface area contributed by atoms with Crippen LogP contribution in [0.2, 0.25) is 0 Å². The van der Waals surface area contributed by atoms with E-state index in [1.54, 1.807) is 29.5 Å². The van der Waals surface area contributed by atoms with Gasteiger partial charge in [0.2, 0.25) is 17.8 Å². The fourth-order valence-electron chi connectivity index (χ4n) is 5.05. The molecule has 3 heterocycles. The van der Waals surface area contributed by atoms with Crippen LogP contribution in [0.4, 0.5) is 26.1 Å². The third kappa shape index (κ3) is 4.85.